The lowest BCUT2D eigenvalue weighted by Gasteiger charge is -2.18. The van der Waals surface area contributed by atoms with Crippen molar-refractivity contribution in [2.24, 2.45) is 0 Å². The molecule has 0 bridgehead atoms. The molecule has 0 aliphatic heterocycles. The van der Waals surface area contributed by atoms with Gasteiger partial charge >= 0.3 is 0 Å². The lowest BCUT2D eigenvalue weighted by atomic mass is 10.2. The van der Waals surface area contributed by atoms with E-state index in [0.717, 1.165) is 22.8 Å². The Bertz CT molecular complexity index is 864. The van der Waals surface area contributed by atoms with Crippen molar-refractivity contribution in [1.29, 1.82) is 0 Å². The Hall–Kier alpha value is -2.67. The van der Waals surface area contributed by atoms with Gasteiger partial charge in [0.1, 0.15) is 17.3 Å². The number of ether oxygens (including phenoxy) is 1. The van der Waals surface area contributed by atoms with Crippen LogP contribution in [-0.2, 0) is 6.54 Å². The molecule has 0 aliphatic carbocycles. The molecule has 27 heavy (non-hydrogen) atoms. The van der Waals surface area contributed by atoms with Crippen molar-refractivity contribution >= 4 is 0 Å². The maximum Gasteiger partial charge on any atom is 0.226 e. The Morgan fingerprint density at radius 3 is 2.59 bits per heavy atom. The van der Waals surface area contributed by atoms with E-state index in [4.69, 9.17) is 14.3 Å². The van der Waals surface area contributed by atoms with Gasteiger partial charge in [0.15, 0.2) is 0 Å². The zero-order valence-electron chi connectivity index (χ0n) is 15.5. The van der Waals surface area contributed by atoms with Crippen LogP contribution in [0.2, 0.25) is 0 Å². The van der Waals surface area contributed by atoms with Gasteiger partial charge in [0.2, 0.25) is 5.89 Å². The number of aliphatic hydroxyl groups is 2. The van der Waals surface area contributed by atoms with Crippen LogP contribution in [0, 0.1) is 6.92 Å². The van der Waals surface area contributed by atoms with Crippen molar-refractivity contribution in [1.82, 2.24) is 9.88 Å². The van der Waals surface area contributed by atoms with E-state index in [1.54, 1.807) is 0 Å². The van der Waals surface area contributed by atoms with Crippen LogP contribution in [0.3, 0.4) is 0 Å². The van der Waals surface area contributed by atoms with Crippen LogP contribution < -0.4 is 4.74 Å². The lowest BCUT2D eigenvalue weighted by molar-refractivity contribution is 0.0644. The Morgan fingerprint density at radius 1 is 1.11 bits per heavy atom. The molecular weight excluding hydrogens is 344 g/mol. The molecule has 142 valence electrons. The minimum Gasteiger partial charge on any atom is -0.457 e. The van der Waals surface area contributed by atoms with Crippen LogP contribution in [-0.4, -0.2) is 46.4 Å². The highest BCUT2D eigenvalue weighted by Crippen LogP contribution is 2.28. The monoisotopic (exact) mass is 368 g/mol. The minimum atomic E-state index is -0.770. The summed E-state index contributed by atoms with van der Waals surface area (Å²) in [4.78, 5) is 6.49. The number of hydrogen-bond acceptors (Lipinski definition) is 6. The van der Waals surface area contributed by atoms with Gasteiger partial charge in [-0.25, -0.2) is 4.98 Å². The number of aliphatic hydroxyl groups excluding tert-OH is 2. The summed E-state index contributed by atoms with van der Waals surface area (Å²) in [6, 6.07) is 17.2. The van der Waals surface area contributed by atoms with E-state index in [0.29, 0.717) is 24.7 Å². The van der Waals surface area contributed by atoms with Gasteiger partial charge in [-0.3, -0.25) is 4.90 Å². The van der Waals surface area contributed by atoms with Gasteiger partial charge in [0, 0.05) is 18.7 Å². The van der Waals surface area contributed by atoms with Gasteiger partial charge < -0.3 is 19.4 Å². The molecule has 1 aromatic heterocycles. The number of likely N-dealkylation sites (N-methyl/N-ethyl adjacent to an activating group) is 1. The highest BCUT2D eigenvalue weighted by atomic mass is 16.5. The van der Waals surface area contributed by atoms with E-state index >= 15 is 0 Å². The minimum absolute atomic E-state index is 0.262. The molecule has 0 saturated carbocycles. The summed E-state index contributed by atoms with van der Waals surface area (Å²) in [7, 11) is 1.86. The second-order valence-corrected chi connectivity index (χ2v) is 6.50. The van der Waals surface area contributed by atoms with Crippen molar-refractivity contribution in [2.45, 2.75) is 19.6 Å². The van der Waals surface area contributed by atoms with Crippen LogP contribution in [0.5, 0.6) is 11.5 Å². The average Bonchev–Trinajstić information content (AvgIpc) is 3.03. The first kappa shape index (κ1) is 19.1. The number of aryl methyl sites for hydroxylation is 1. The largest absolute Gasteiger partial charge is 0.457 e. The predicted octanol–water partition coefficient (Wildman–Crippen LogP) is 3.23. The van der Waals surface area contributed by atoms with Crippen LogP contribution in [0.1, 0.15) is 11.5 Å². The molecular formula is C21H24N2O4. The Morgan fingerprint density at radius 2 is 1.85 bits per heavy atom. The fraction of sp³-hybridized carbons (Fsp3) is 0.286. The number of para-hydroxylation sites is 1. The summed E-state index contributed by atoms with van der Waals surface area (Å²) in [5.41, 5.74) is 1.63. The Balaban J connectivity index is 1.74. The molecule has 0 spiro atoms. The standard InChI is InChI=1S/C21H24N2O4/c1-15-20(13-23(2)12-17(25)14-24)22-21(26-15)16-7-6-10-19(11-16)27-18-8-4-3-5-9-18/h3-11,17,24-25H,12-14H2,1-2H3. The molecule has 3 aromatic rings. The molecule has 0 saturated heterocycles. The van der Waals surface area contributed by atoms with Gasteiger partial charge in [-0.15, -0.1) is 0 Å². The first-order chi connectivity index (χ1) is 13.0. The fourth-order valence-corrected chi connectivity index (χ4v) is 2.75. The Labute approximate surface area is 158 Å². The van der Waals surface area contributed by atoms with E-state index in [9.17, 15) is 5.11 Å². The smallest absolute Gasteiger partial charge is 0.226 e. The van der Waals surface area contributed by atoms with Gasteiger partial charge in [-0.1, -0.05) is 24.3 Å². The summed E-state index contributed by atoms with van der Waals surface area (Å²) in [6.07, 6.45) is -0.770. The molecule has 1 unspecified atom stereocenters. The van der Waals surface area contributed by atoms with Crippen molar-refractivity contribution in [3.8, 4) is 23.0 Å². The summed E-state index contributed by atoms with van der Waals surface area (Å²) in [5, 5.41) is 18.5. The third-order valence-corrected chi connectivity index (χ3v) is 4.11. The van der Waals surface area contributed by atoms with Crippen LogP contribution in [0.15, 0.2) is 59.0 Å². The number of nitrogens with zero attached hydrogens (tertiary/aromatic N) is 2. The van der Waals surface area contributed by atoms with Gasteiger partial charge in [-0.05, 0) is 44.3 Å². The van der Waals surface area contributed by atoms with E-state index in [-0.39, 0.29) is 6.61 Å². The van der Waals surface area contributed by atoms with E-state index in [1.807, 2.05) is 73.5 Å². The molecule has 0 radical (unpaired) electrons. The third kappa shape index (κ3) is 5.17. The summed E-state index contributed by atoms with van der Waals surface area (Å²) in [6.45, 7) is 2.49. The first-order valence-electron chi connectivity index (χ1n) is 8.82. The van der Waals surface area contributed by atoms with E-state index in [1.165, 1.54) is 0 Å². The number of rotatable bonds is 8. The zero-order chi connectivity index (χ0) is 19.2. The molecule has 0 fully saturated rings. The predicted molar refractivity (Wildman–Crippen MR) is 103 cm³/mol. The molecule has 1 atom stereocenters. The molecule has 0 amide bonds. The molecule has 3 rings (SSSR count). The molecule has 2 aromatic carbocycles. The molecule has 6 nitrogen and oxygen atoms in total. The molecule has 1 heterocycles. The lowest BCUT2D eigenvalue weighted by Crippen LogP contribution is -2.31. The highest BCUT2D eigenvalue weighted by molar-refractivity contribution is 5.57. The fourth-order valence-electron chi connectivity index (χ4n) is 2.75. The van der Waals surface area contributed by atoms with Gasteiger partial charge in [0.25, 0.3) is 0 Å². The molecule has 2 N–H and O–H groups in total. The first-order valence-corrected chi connectivity index (χ1v) is 8.82. The van der Waals surface area contributed by atoms with Gasteiger partial charge in [-0.2, -0.15) is 0 Å². The normalized spacial score (nSPS) is 12.3. The SMILES string of the molecule is Cc1oc(-c2cccc(Oc3ccccc3)c2)nc1CN(C)CC(O)CO. The number of oxazole rings is 1. The average molecular weight is 368 g/mol. The number of benzene rings is 2. The van der Waals surface area contributed by atoms with Crippen molar-refractivity contribution < 1.29 is 19.4 Å². The highest BCUT2D eigenvalue weighted by Gasteiger charge is 2.15. The zero-order valence-corrected chi connectivity index (χ0v) is 15.5. The van der Waals surface area contributed by atoms with Crippen molar-refractivity contribution in [3.63, 3.8) is 0 Å². The molecule has 6 heteroatoms. The maximum absolute atomic E-state index is 9.56. The van der Waals surface area contributed by atoms with Crippen LogP contribution in [0.25, 0.3) is 11.5 Å². The topological polar surface area (TPSA) is 79.0 Å². The number of hydrogen-bond donors (Lipinski definition) is 2. The third-order valence-electron chi connectivity index (χ3n) is 4.11. The van der Waals surface area contributed by atoms with Crippen molar-refractivity contribution in [3.05, 3.63) is 66.1 Å². The second-order valence-electron chi connectivity index (χ2n) is 6.50. The van der Waals surface area contributed by atoms with Crippen LogP contribution >= 0.6 is 0 Å². The number of aromatic nitrogens is 1. The van der Waals surface area contributed by atoms with E-state index in [2.05, 4.69) is 4.98 Å². The summed E-state index contributed by atoms with van der Waals surface area (Å²) in [5.74, 6) is 2.73. The summed E-state index contributed by atoms with van der Waals surface area (Å²) < 4.78 is 11.7. The Kier molecular flexibility index (Phi) is 6.24. The quantitative estimate of drug-likeness (QED) is 0.636. The van der Waals surface area contributed by atoms with Crippen molar-refractivity contribution in [2.75, 3.05) is 20.2 Å². The van der Waals surface area contributed by atoms with Crippen LogP contribution in [0.4, 0.5) is 0 Å². The molecule has 0 aliphatic rings. The summed E-state index contributed by atoms with van der Waals surface area (Å²) >= 11 is 0. The second kappa shape index (κ2) is 8.81. The van der Waals surface area contributed by atoms with E-state index < -0.39 is 6.10 Å². The maximum atomic E-state index is 9.56. The van der Waals surface area contributed by atoms with Gasteiger partial charge in [0.05, 0.1) is 18.4 Å².